The number of hydrogen-bond acceptors (Lipinski definition) is 4. The van der Waals surface area contributed by atoms with Gasteiger partial charge in [-0.2, -0.15) is 0 Å². The van der Waals surface area contributed by atoms with E-state index in [1.165, 1.54) is 0 Å². The molecule has 0 saturated carbocycles. The van der Waals surface area contributed by atoms with E-state index in [1.54, 1.807) is 7.05 Å². The van der Waals surface area contributed by atoms with Crippen LogP contribution >= 0.6 is 15.9 Å². The summed E-state index contributed by atoms with van der Waals surface area (Å²) in [5.74, 6) is 1.23. The van der Waals surface area contributed by atoms with Gasteiger partial charge in [-0.15, -0.1) is 0 Å². The fourth-order valence-corrected chi connectivity index (χ4v) is 2.49. The normalized spacial score (nSPS) is 11.9. The van der Waals surface area contributed by atoms with E-state index in [-0.39, 0.29) is 11.9 Å². The van der Waals surface area contributed by atoms with Crippen molar-refractivity contribution in [3.8, 4) is 11.5 Å². The van der Waals surface area contributed by atoms with E-state index in [4.69, 9.17) is 15.2 Å². The van der Waals surface area contributed by atoms with Gasteiger partial charge in [-0.05, 0) is 53.9 Å². The van der Waals surface area contributed by atoms with Gasteiger partial charge in [-0.25, -0.2) is 0 Å². The number of hydrogen-bond donors (Lipinski definition) is 2. The standard InChI is InChI=1S/C15H23BrN2O3/c1-4-20-13-9-11(7-10(2)17)8-12(16)15(13)21-6-5-14(19)18-3/h8-10H,4-7,17H2,1-3H3,(H,18,19). The van der Waals surface area contributed by atoms with Crippen molar-refractivity contribution >= 4 is 21.8 Å². The quantitative estimate of drug-likeness (QED) is 0.747. The Kier molecular flexibility index (Phi) is 7.53. The van der Waals surface area contributed by atoms with Gasteiger partial charge in [0.15, 0.2) is 11.5 Å². The van der Waals surface area contributed by atoms with E-state index in [9.17, 15) is 4.79 Å². The van der Waals surface area contributed by atoms with Gasteiger partial charge in [0.1, 0.15) is 0 Å². The first kappa shape index (κ1) is 17.8. The Labute approximate surface area is 134 Å². The minimum atomic E-state index is -0.0577. The first-order valence-corrected chi connectivity index (χ1v) is 7.81. The largest absolute Gasteiger partial charge is 0.490 e. The number of nitrogens with one attached hydrogen (secondary N) is 1. The molecule has 1 atom stereocenters. The number of carbonyl (C=O) groups excluding carboxylic acids is 1. The summed E-state index contributed by atoms with van der Waals surface area (Å²) < 4.78 is 12.1. The van der Waals surface area contributed by atoms with Crippen molar-refractivity contribution in [2.24, 2.45) is 5.73 Å². The van der Waals surface area contributed by atoms with Crippen molar-refractivity contribution in [3.05, 3.63) is 22.2 Å². The van der Waals surface area contributed by atoms with Crippen molar-refractivity contribution in [3.63, 3.8) is 0 Å². The molecule has 0 bridgehead atoms. The van der Waals surface area contributed by atoms with Gasteiger partial charge >= 0.3 is 0 Å². The minimum absolute atomic E-state index is 0.0577. The van der Waals surface area contributed by atoms with Gasteiger partial charge in [-0.1, -0.05) is 0 Å². The topological polar surface area (TPSA) is 73.6 Å². The second-order valence-corrected chi connectivity index (χ2v) is 5.65. The van der Waals surface area contributed by atoms with Crippen molar-refractivity contribution in [1.82, 2.24) is 5.32 Å². The molecular formula is C15H23BrN2O3. The summed E-state index contributed by atoms with van der Waals surface area (Å²) in [4.78, 5) is 11.2. The number of benzene rings is 1. The van der Waals surface area contributed by atoms with Crippen LogP contribution in [0.25, 0.3) is 0 Å². The van der Waals surface area contributed by atoms with Gasteiger partial charge in [0.25, 0.3) is 0 Å². The van der Waals surface area contributed by atoms with Crippen LogP contribution < -0.4 is 20.5 Å². The molecule has 1 rings (SSSR count). The van der Waals surface area contributed by atoms with Crippen molar-refractivity contribution in [2.75, 3.05) is 20.3 Å². The Morgan fingerprint density at radius 3 is 2.71 bits per heavy atom. The molecule has 21 heavy (non-hydrogen) atoms. The molecule has 0 aliphatic carbocycles. The fraction of sp³-hybridized carbons (Fsp3) is 0.533. The van der Waals surface area contributed by atoms with E-state index in [1.807, 2.05) is 26.0 Å². The van der Waals surface area contributed by atoms with E-state index in [2.05, 4.69) is 21.2 Å². The Morgan fingerprint density at radius 1 is 1.43 bits per heavy atom. The lowest BCUT2D eigenvalue weighted by atomic mass is 10.1. The lowest BCUT2D eigenvalue weighted by Crippen LogP contribution is -2.20. The summed E-state index contributed by atoms with van der Waals surface area (Å²) in [6.45, 7) is 4.72. The summed E-state index contributed by atoms with van der Waals surface area (Å²) in [7, 11) is 1.60. The van der Waals surface area contributed by atoms with Crippen LogP contribution in [0.5, 0.6) is 11.5 Å². The van der Waals surface area contributed by atoms with Crippen molar-refractivity contribution < 1.29 is 14.3 Å². The zero-order valence-corrected chi connectivity index (χ0v) is 14.3. The van der Waals surface area contributed by atoms with Gasteiger partial charge in [-0.3, -0.25) is 4.79 Å². The SMILES string of the molecule is CCOc1cc(CC(C)N)cc(Br)c1OCCC(=O)NC. The molecule has 0 spiro atoms. The van der Waals surface area contributed by atoms with Crippen LogP contribution in [0.1, 0.15) is 25.8 Å². The molecule has 0 radical (unpaired) electrons. The Bertz CT molecular complexity index is 478. The monoisotopic (exact) mass is 358 g/mol. The van der Waals surface area contributed by atoms with E-state index in [0.717, 1.165) is 16.5 Å². The minimum Gasteiger partial charge on any atom is -0.490 e. The molecule has 0 fully saturated rings. The maximum Gasteiger partial charge on any atom is 0.223 e. The summed E-state index contributed by atoms with van der Waals surface area (Å²) in [5, 5.41) is 2.56. The molecule has 0 aromatic heterocycles. The second kappa shape index (κ2) is 8.89. The lowest BCUT2D eigenvalue weighted by Gasteiger charge is -2.16. The third-order valence-corrected chi connectivity index (χ3v) is 3.37. The number of carbonyl (C=O) groups is 1. The number of ether oxygens (including phenoxy) is 2. The molecule has 0 heterocycles. The highest BCUT2D eigenvalue weighted by Crippen LogP contribution is 2.37. The maximum absolute atomic E-state index is 11.2. The highest BCUT2D eigenvalue weighted by molar-refractivity contribution is 9.10. The average Bonchev–Trinajstić information content (AvgIpc) is 2.41. The molecule has 5 nitrogen and oxygen atoms in total. The maximum atomic E-state index is 11.2. The number of nitrogens with two attached hydrogens (primary N) is 1. The van der Waals surface area contributed by atoms with E-state index >= 15 is 0 Å². The third-order valence-electron chi connectivity index (χ3n) is 2.78. The first-order chi connectivity index (χ1) is 9.97. The van der Waals surface area contributed by atoms with Crippen molar-refractivity contribution in [1.29, 1.82) is 0 Å². The highest BCUT2D eigenvalue weighted by Gasteiger charge is 2.13. The van der Waals surface area contributed by atoms with Gasteiger partial charge in [0.2, 0.25) is 5.91 Å². The predicted octanol–water partition coefficient (Wildman–Crippen LogP) is 2.25. The van der Waals surface area contributed by atoms with Crippen LogP contribution in [-0.2, 0) is 11.2 Å². The summed E-state index contributed by atoms with van der Waals surface area (Å²) in [6, 6.07) is 3.99. The van der Waals surface area contributed by atoms with E-state index < -0.39 is 0 Å². The third kappa shape index (κ3) is 5.93. The lowest BCUT2D eigenvalue weighted by molar-refractivity contribution is -0.121. The van der Waals surface area contributed by atoms with Crippen LogP contribution in [0.2, 0.25) is 0 Å². The predicted molar refractivity (Wildman–Crippen MR) is 86.8 cm³/mol. The van der Waals surface area contributed by atoms with Gasteiger partial charge in [0, 0.05) is 13.1 Å². The zero-order valence-electron chi connectivity index (χ0n) is 12.7. The van der Waals surface area contributed by atoms with Crippen LogP contribution in [0.3, 0.4) is 0 Å². The molecule has 1 aromatic rings. The van der Waals surface area contributed by atoms with Gasteiger partial charge < -0.3 is 20.5 Å². The Morgan fingerprint density at radius 2 is 2.14 bits per heavy atom. The molecule has 0 saturated heterocycles. The molecule has 0 aliphatic rings. The Hall–Kier alpha value is -1.27. The number of amides is 1. The first-order valence-electron chi connectivity index (χ1n) is 7.02. The highest BCUT2D eigenvalue weighted by atomic mass is 79.9. The zero-order chi connectivity index (χ0) is 15.8. The van der Waals surface area contributed by atoms with E-state index in [0.29, 0.717) is 31.1 Å². The van der Waals surface area contributed by atoms with Crippen LogP contribution in [-0.4, -0.2) is 32.2 Å². The summed E-state index contributed by atoms with van der Waals surface area (Å²) >= 11 is 3.50. The van der Waals surface area contributed by atoms with Crippen LogP contribution in [0.4, 0.5) is 0 Å². The smallest absolute Gasteiger partial charge is 0.223 e. The number of rotatable bonds is 8. The Balaban J connectivity index is 2.87. The molecule has 3 N–H and O–H groups in total. The number of halogens is 1. The van der Waals surface area contributed by atoms with Crippen LogP contribution in [0, 0.1) is 0 Å². The average molecular weight is 359 g/mol. The molecule has 1 unspecified atom stereocenters. The molecule has 6 heteroatoms. The summed E-state index contributed by atoms with van der Waals surface area (Å²) in [5.41, 5.74) is 6.92. The molecule has 0 aliphatic heterocycles. The molecule has 118 valence electrons. The fourth-order valence-electron chi connectivity index (χ4n) is 1.88. The molecule has 1 amide bonds. The van der Waals surface area contributed by atoms with Crippen molar-refractivity contribution in [2.45, 2.75) is 32.7 Å². The molecule has 1 aromatic carbocycles. The van der Waals surface area contributed by atoms with Gasteiger partial charge in [0.05, 0.1) is 24.1 Å². The summed E-state index contributed by atoms with van der Waals surface area (Å²) in [6.07, 6.45) is 1.06. The van der Waals surface area contributed by atoms with Crippen LogP contribution in [0.15, 0.2) is 16.6 Å². The second-order valence-electron chi connectivity index (χ2n) is 4.79. The molecular weight excluding hydrogens is 336 g/mol.